The van der Waals surface area contributed by atoms with Crippen LogP contribution in [0.4, 0.5) is 0 Å². The summed E-state index contributed by atoms with van der Waals surface area (Å²) in [4.78, 5) is 13.2. The van der Waals surface area contributed by atoms with Gasteiger partial charge in [0.2, 0.25) is 16.1 Å². The lowest BCUT2D eigenvalue weighted by Gasteiger charge is -2.18. The number of aryl methyl sites for hydroxylation is 1. The van der Waals surface area contributed by atoms with Gasteiger partial charge >= 0.3 is 5.97 Å². The molecular formula is C18H21NO5S2. The molecule has 0 aliphatic heterocycles. The molecule has 6 nitrogen and oxygen atoms in total. The van der Waals surface area contributed by atoms with Gasteiger partial charge in [0.15, 0.2) is 0 Å². The van der Waals surface area contributed by atoms with Gasteiger partial charge in [0.1, 0.15) is 5.75 Å². The molecular weight excluding hydrogens is 374 g/mol. The van der Waals surface area contributed by atoms with Crippen molar-refractivity contribution in [1.29, 1.82) is 0 Å². The molecule has 2 aromatic carbocycles. The molecule has 1 atom stereocenters. The Labute approximate surface area is 158 Å². The van der Waals surface area contributed by atoms with Crippen LogP contribution in [0.15, 0.2) is 58.3 Å². The zero-order chi connectivity index (χ0) is 19.2. The number of hydrogen-bond donors (Lipinski definition) is 1. The van der Waals surface area contributed by atoms with Gasteiger partial charge in [-0.15, -0.1) is 11.8 Å². The number of methoxy groups -OCH3 is 1. The Morgan fingerprint density at radius 3 is 2.46 bits per heavy atom. The van der Waals surface area contributed by atoms with Crippen molar-refractivity contribution in [2.24, 2.45) is 0 Å². The highest BCUT2D eigenvalue weighted by molar-refractivity contribution is 7.98. The summed E-state index contributed by atoms with van der Waals surface area (Å²) in [6, 6.07) is 13.3. The van der Waals surface area contributed by atoms with E-state index in [-0.39, 0.29) is 11.4 Å². The summed E-state index contributed by atoms with van der Waals surface area (Å²) >= 11 is 1.61. The van der Waals surface area contributed by atoms with Gasteiger partial charge in [0, 0.05) is 4.90 Å². The Bertz CT molecular complexity index is 853. The maximum atomic E-state index is 12.3. The third-order valence-electron chi connectivity index (χ3n) is 3.62. The average molecular weight is 396 g/mol. The average Bonchev–Trinajstić information content (AvgIpc) is 2.65. The van der Waals surface area contributed by atoms with Crippen LogP contribution in [0, 0.1) is 6.92 Å². The van der Waals surface area contributed by atoms with Crippen molar-refractivity contribution < 1.29 is 22.7 Å². The van der Waals surface area contributed by atoms with Crippen LogP contribution in [0.3, 0.4) is 0 Å². The fraction of sp³-hybridized carbons (Fsp3) is 0.278. The van der Waals surface area contributed by atoms with E-state index in [0.29, 0.717) is 5.75 Å². The number of ether oxygens (including phenoxy) is 2. The predicted molar refractivity (Wildman–Crippen MR) is 101 cm³/mol. The van der Waals surface area contributed by atoms with E-state index in [0.717, 1.165) is 10.5 Å². The summed E-state index contributed by atoms with van der Waals surface area (Å²) in [5, 5.41) is 0. The number of sulfonamides is 1. The molecule has 0 aliphatic rings. The van der Waals surface area contributed by atoms with Crippen LogP contribution < -0.4 is 9.46 Å². The molecule has 26 heavy (non-hydrogen) atoms. The number of carbonyl (C=O) groups is 1. The van der Waals surface area contributed by atoms with Gasteiger partial charge in [-0.3, -0.25) is 0 Å². The molecule has 1 unspecified atom stereocenters. The topological polar surface area (TPSA) is 81.7 Å². The van der Waals surface area contributed by atoms with E-state index in [1.54, 1.807) is 42.1 Å². The van der Waals surface area contributed by atoms with E-state index in [9.17, 15) is 13.2 Å². The quantitative estimate of drug-likeness (QED) is 0.547. The van der Waals surface area contributed by atoms with Crippen LogP contribution in [0.1, 0.15) is 5.56 Å². The molecule has 0 radical (unpaired) electrons. The van der Waals surface area contributed by atoms with E-state index in [4.69, 9.17) is 9.47 Å². The lowest BCUT2D eigenvalue weighted by Crippen LogP contribution is -2.41. The summed E-state index contributed by atoms with van der Waals surface area (Å²) < 4.78 is 37.4. The number of thioether (sulfide) groups is 1. The molecule has 0 fully saturated rings. The van der Waals surface area contributed by atoms with Crippen molar-refractivity contribution in [1.82, 2.24) is 4.72 Å². The third kappa shape index (κ3) is 5.23. The molecule has 140 valence electrons. The number of nitrogens with one attached hydrogen (secondary N) is 1. The van der Waals surface area contributed by atoms with Crippen molar-refractivity contribution in [3.05, 3.63) is 54.1 Å². The molecule has 0 saturated carbocycles. The highest BCUT2D eigenvalue weighted by atomic mass is 32.2. The van der Waals surface area contributed by atoms with Crippen molar-refractivity contribution in [3.8, 4) is 5.75 Å². The minimum absolute atomic E-state index is 0.115. The number of benzene rings is 2. The second-order valence-electron chi connectivity index (χ2n) is 5.43. The number of carbonyl (C=O) groups excluding carboxylic acids is 1. The molecule has 8 heteroatoms. The fourth-order valence-corrected chi connectivity index (χ4v) is 3.90. The van der Waals surface area contributed by atoms with Gasteiger partial charge in [0.05, 0.1) is 18.6 Å². The Hall–Kier alpha value is -2.03. The van der Waals surface area contributed by atoms with Gasteiger partial charge in [-0.1, -0.05) is 18.2 Å². The molecule has 0 saturated heterocycles. The summed E-state index contributed by atoms with van der Waals surface area (Å²) in [5.41, 5.74) is 1.00. The van der Waals surface area contributed by atoms with Gasteiger partial charge in [-0.05, 0) is 49.1 Å². The predicted octanol–water partition coefficient (Wildman–Crippen LogP) is 2.62. The van der Waals surface area contributed by atoms with Crippen molar-refractivity contribution >= 4 is 27.8 Å². The first-order valence-electron chi connectivity index (χ1n) is 7.81. The molecule has 0 bridgehead atoms. The Morgan fingerprint density at radius 2 is 1.88 bits per heavy atom. The Kier molecular flexibility index (Phi) is 7.07. The highest BCUT2D eigenvalue weighted by Crippen LogP contribution is 2.25. The minimum atomic E-state index is -3.75. The van der Waals surface area contributed by atoms with Gasteiger partial charge in [-0.2, -0.15) is 0 Å². The summed E-state index contributed by atoms with van der Waals surface area (Å²) in [6.45, 7) is 1.69. The zero-order valence-corrected chi connectivity index (χ0v) is 16.4. The lowest BCUT2D eigenvalue weighted by atomic mass is 10.2. The maximum absolute atomic E-state index is 12.3. The molecule has 0 aromatic heterocycles. The van der Waals surface area contributed by atoms with E-state index >= 15 is 0 Å². The van der Waals surface area contributed by atoms with Crippen LogP contribution in [0.25, 0.3) is 0 Å². The van der Waals surface area contributed by atoms with Gasteiger partial charge in [-0.25, -0.2) is 17.9 Å². The monoisotopic (exact) mass is 395 g/mol. The first-order valence-corrected chi connectivity index (χ1v) is 10.5. The lowest BCUT2D eigenvalue weighted by molar-refractivity contribution is -0.148. The van der Waals surface area contributed by atoms with E-state index < -0.39 is 22.1 Å². The summed E-state index contributed by atoms with van der Waals surface area (Å²) in [5.74, 6) is -0.193. The molecule has 0 heterocycles. The SMILES string of the molecule is COC(=O)C(CNS(=O)(=O)c1ccccc1)Oc1ccc(SC)c(C)c1. The Morgan fingerprint density at radius 1 is 1.19 bits per heavy atom. The van der Waals surface area contributed by atoms with Gasteiger partial charge in [0.25, 0.3) is 0 Å². The van der Waals surface area contributed by atoms with Crippen LogP contribution in [-0.4, -0.2) is 40.4 Å². The van der Waals surface area contributed by atoms with Crippen LogP contribution >= 0.6 is 11.8 Å². The summed E-state index contributed by atoms with van der Waals surface area (Å²) in [7, 11) is -2.52. The highest BCUT2D eigenvalue weighted by Gasteiger charge is 2.25. The molecule has 2 rings (SSSR count). The maximum Gasteiger partial charge on any atom is 0.348 e. The smallest absolute Gasteiger partial charge is 0.348 e. The zero-order valence-electron chi connectivity index (χ0n) is 14.8. The van der Waals surface area contributed by atoms with Crippen molar-refractivity contribution in [2.45, 2.75) is 22.8 Å². The molecule has 0 spiro atoms. The standard InChI is InChI=1S/C18H21NO5S2/c1-13-11-14(9-10-17(13)25-3)24-16(18(20)23-2)12-19-26(21,22)15-7-5-4-6-8-15/h4-11,16,19H,12H2,1-3H3. The van der Waals surface area contributed by atoms with Crippen LogP contribution in [0.2, 0.25) is 0 Å². The molecule has 0 amide bonds. The first-order chi connectivity index (χ1) is 12.4. The molecule has 1 N–H and O–H groups in total. The third-order valence-corrected chi connectivity index (χ3v) is 5.96. The van der Waals surface area contributed by atoms with Crippen LogP contribution in [-0.2, 0) is 19.6 Å². The molecule has 0 aliphatic carbocycles. The van der Waals surface area contributed by atoms with Crippen molar-refractivity contribution in [2.75, 3.05) is 19.9 Å². The fourth-order valence-electron chi connectivity index (χ4n) is 2.26. The van der Waals surface area contributed by atoms with Gasteiger partial charge < -0.3 is 9.47 Å². The molecule has 2 aromatic rings. The normalized spacial score (nSPS) is 12.4. The van der Waals surface area contributed by atoms with E-state index in [1.807, 2.05) is 19.2 Å². The van der Waals surface area contributed by atoms with Crippen LogP contribution in [0.5, 0.6) is 5.75 Å². The summed E-state index contributed by atoms with van der Waals surface area (Å²) in [6.07, 6.45) is 0.872. The minimum Gasteiger partial charge on any atom is -0.477 e. The first kappa shape index (κ1) is 20.3. The second kappa shape index (κ2) is 9.07. The van der Waals surface area contributed by atoms with E-state index in [1.165, 1.54) is 19.2 Å². The number of hydrogen-bond acceptors (Lipinski definition) is 6. The largest absolute Gasteiger partial charge is 0.477 e. The van der Waals surface area contributed by atoms with E-state index in [2.05, 4.69) is 4.72 Å². The number of esters is 1. The Balaban J connectivity index is 2.13. The van der Waals surface area contributed by atoms with Crippen molar-refractivity contribution in [3.63, 3.8) is 0 Å². The second-order valence-corrected chi connectivity index (χ2v) is 8.04. The number of rotatable bonds is 8.